The molecule has 0 aliphatic heterocycles. The number of carbonyl (C=O) groups excluding carboxylic acids is 2. The van der Waals surface area contributed by atoms with E-state index in [4.69, 9.17) is 14.2 Å². The lowest BCUT2D eigenvalue weighted by Crippen LogP contribution is -2.22. The van der Waals surface area contributed by atoms with Gasteiger partial charge in [0.25, 0.3) is 0 Å². The van der Waals surface area contributed by atoms with Crippen LogP contribution in [-0.4, -0.2) is 39.5 Å². The Morgan fingerprint density at radius 1 is 0.545 bits per heavy atom. The average molecular weight is 639 g/mol. The molecule has 4 aromatic rings. The van der Waals surface area contributed by atoms with Crippen molar-refractivity contribution in [2.24, 2.45) is 0 Å². The standard InChI is InChI=1S/C32H30O10S2/c1-32(2,3)42-25-10-18-29(19-11-25)44(38,39)28-16-8-24(9-17-28)41-31(35)21-20-30(34)40-23-6-14-27(15-7-23)43(36,37)26-12-4-22(33)5-13-26/h4-19,33H,20-21H2,1-3H3. The predicted octanol–water partition coefficient (Wildman–Crippen LogP) is 5.53. The molecule has 0 atom stereocenters. The maximum atomic E-state index is 13.0. The zero-order chi connectivity index (χ0) is 32.1. The molecule has 0 aromatic heterocycles. The van der Waals surface area contributed by atoms with Crippen LogP contribution in [-0.2, 0) is 29.3 Å². The zero-order valence-corrected chi connectivity index (χ0v) is 25.7. The second kappa shape index (κ2) is 12.9. The van der Waals surface area contributed by atoms with Crippen LogP contribution < -0.4 is 14.2 Å². The fraction of sp³-hybridized carbons (Fsp3) is 0.188. The van der Waals surface area contributed by atoms with Crippen molar-refractivity contribution in [3.05, 3.63) is 97.1 Å². The summed E-state index contributed by atoms with van der Waals surface area (Å²) in [6.45, 7) is 5.66. The number of hydrogen-bond donors (Lipinski definition) is 1. The SMILES string of the molecule is CC(C)(C)Oc1ccc(S(=O)(=O)c2ccc(OC(=O)CCC(=O)Oc3ccc(S(=O)(=O)c4ccc(O)cc4)cc3)cc2)cc1. The summed E-state index contributed by atoms with van der Waals surface area (Å²) < 4.78 is 67.5. The quantitative estimate of drug-likeness (QED) is 0.174. The van der Waals surface area contributed by atoms with Gasteiger partial charge in [0.05, 0.1) is 32.4 Å². The Balaban J connectivity index is 1.28. The van der Waals surface area contributed by atoms with E-state index >= 15 is 0 Å². The molecule has 0 amide bonds. The Kier molecular flexibility index (Phi) is 9.45. The number of rotatable bonds is 10. The van der Waals surface area contributed by atoms with Crippen molar-refractivity contribution in [1.29, 1.82) is 0 Å². The third kappa shape index (κ3) is 8.23. The van der Waals surface area contributed by atoms with Crippen LogP contribution in [0.2, 0.25) is 0 Å². The van der Waals surface area contributed by atoms with Gasteiger partial charge in [0.15, 0.2) is 0 Å². The second-order valence-corrected chi connectivity index (χ2v) is 14.5. The molecule has 0 fully saturated rings. The van der Waals surface area contributed by atoms with Crippen molar-refractivity contribution in [1.82, 2.24) is 0 Å². The molecule has 0 unspecified atom stereocenters. The van der Waals surface area contributed by atoms with Gasteiger partial charge < -0.3 is 19.3 Å². The Bertz CT molecular complexity index is 1840. The van der Waals surface area contributed by atoms with Gasteiger partial charge in [-0.2, -0.15) is 0 Å². The van der Waals surface area contributed by atoms with Crippen molar-refractivity contribution in [2.75, 3.05) is 0 Å². The number of ether oxygens (including phenoxy) is 3. The molecule has 1 N–H and O–H groups in total. The second-order valence-electron chi connectivity index (χ2n) is 10.6. The number of sulfone groups is 2. The largest absolute Gasteiger partial charge is 0.508 e. The van der Waals surface area contributed by atoms with Gasteiger partial charge in [-0.3, -0.25) is 9.59 Å². The zero-order valence-electron chi connectivity index (χ0n) is 24.1. The van der Waals surface area contributed by atoms with Crippen LogP contribution in [0.1, 0.15) is 33.6 Å². The molecule has 44 heavy (non-hydrogen) atoms. The molecule has 12 heteroatoms. The van der Waals surface area contributed by atoms with Gasteiger partial charge in [-0.25, -0.2) is 16.8 Å². The topological polar surface area (TPSA) is 150 Å². The minimum absolute atomic E-state index is 0.00671. The van der Waals surface area contributed by atoms with Crippen LogP contribution >= 0.6 is 0 Å². The van der Waals surface area contributed by atoms with Crippen molar-refractivity contribution >= 4 is 31.6 Å². The molecule has 0 bridgehead atoms. The highest BCUT2D eigenvalue weighted by Gasteiger charge is 2.20. The number of phenolic OH excluding ortho intramolecular Hbond substituents is 1. The first-order valence-electron chi connectivity index (χ1n) is 13.3. The molecule has 4 aromatic carbocycles. The lowest BCUT2D eigenvalue weighted by atomic mass is 10.2. The first-order valence-corrected chi connectivity index (χ1v) is 16.3. The molecule has 0 spiro atoms. The van der Waals surface area contributed by atoms with Gasteiger partial charge in [0.1, 0.15) is 28.6 Å². The van der Waals surface area contributed by atoms with Crippen molar-refractivity contribution in [3.63, 3.8) is 0 Å². The highest BCUT2D eigenvalue weighted by atomic mass is 32.2. The molecule has 0 aliphatic carbocycles. The third-order valence-corrected chi connectivity index (χ3v) is 9.54. The molecule has 0 heterocycles. The van der Waals surface area contributed by atoms with E-state index in [1.54, 1.807) is 12.1 Å². The average Bonchev–Trinajstić information content (AvgIpc) is 2.96. The van der Waals surface area contributed by atoms with Crippen molar-refractivity contribution < 1.29 is 45.7 Å². The summed E-state index contributed by atoms with van der Waals surface area (Å²) in [5.74, 6) is -0.816. The van der Waals surface area contributed by atoms with E-state index in [-0.39, 0.29) is 49.7 Å². The normalized spacial score (nSPS) is 11.9. The Hall–Kier alpha value is -4.68. The van der Waals surface area contributed by atoms with Crippen LogP contribution in [0.5, 0.6) is 23.0 Å². The first-order chi connectivity index (χ1) is 20.6. The minimum Gasteiger partial charge on any atom is -0.508 e. The molecule has 230 valence electrons. The summed E-state index contributed by atoms with van der Waals surface area (Å²) >= 11 is 0. The number of hydrogen-bond acceptors (Lipinski definition) is 10. The first kappa shape index (κ1) is 32.2. The van der Waals surface area contributed by atoms with Crippen LogP contribution in [0.4, 0.5) is 0 Å². The van der Waals surface area contributed by atoms with Crippen LogP contribution in [0, 0.1) is 0 Å². The molecule has 4 rings (SSSR count). The maximum absolute atomic E-state index is 13.0. The van der Waals surface area contributed by atoms with Gasteiger partial charge in [-0.1, -0.05) is 0 Å². The highest BCUT2D eigenvalue weighted by Crippen LogP contribution is 2.27. The van der Waals surface area contributed by atoms with Gasteiger partial charge in [-0.05, 0) is 118 Å². The molecule has 10 nitrogen and oxygen atoms in total. The van der Waals surface area contributed by atoms with E-state index < -0.39 is 37.2 Å². The number of esters is 2. The fourth-order valence-corrected chi connectivity index (χ4v) is 6.40. The van der Waals surface area contributed by atoms with Crippen LogP contribution in [0.15, 0.2) is 117 Å². The van der Waals surface area contributed by atoms with Crippen molar-refractivity contribution in [3.8, 4) is 23.0 Å². The van der Waals surface area contributed by atoms with Crippen molar-refractivity contribution in [2.45, 2.75) is 58.8 Å². The monoisotopic (exact) mass is 638 g/mol. The van der Waals surface area contributed by atoms with Gasteiger partial charge in [0, 0.05) is 0 Å². The Morgan fingerprint density at radius 3 is 1.16 bits per heavy atom. The molecular formula is C32H30O10S2. The predicted molar refractivity (Wildman–Crippen MR) is 159 cm³/mol. The highest BCUT2D eigenvalue weighted by molar-refractivity contribution is 7.91. The Labute approximate surface area is 255 Å². The lowest BCUT2D eigenvalue weighted by molar-refractivity contribution is -0.140. The number of aromatic hydroxyl groups is 1. The van der Waals surface area contributed by atoms with E-state index in [1.807, 2.05) is 20.8 Å². The van der Waals surface area contributed by atoms with Crippen LogP contribution in [0.3, 0.4) is 0 Å². The number of phenols is 1. The molecule has 0 aliphatic rings. The molecule has 0 saturated heterocycles. The number of carbonyl (C=O) groups is 2. The summed E-state index contributed by atoms with van der Waals surface area (Å²) in [6.07, 6.45) is -0.622. The minimum atomic E-state index is -3.84. The van der Waals surface area contributed by atoms with E-state index in [2.05, 4.69) is 0 Å². The summed E-state index contributed by atoms with van der Waals surface area (Å²) in [7, 11) is -7.66. The summed E-state index contributed by atoms with van der Waals surface area (Å²) in [4.78, 5) is 24.6. The summed E-state index contributed by atoms with van der Waals surface area (Å²) in [5.41, 5.74) is -0.426. The summed E-state index contributed by atoms with van der Waals surface area (Å²) in [6, 6.07) is 21.6. The summed E-state index contributed by atoms with van der Waals surface area (Å²) in [5, 5.41) is 9.37. The van der Waals surface area contributed by atoms with Crippen LogP contribution in [0.25, 0.3) is 0 Å². The van der Waals surface area contributed by atoms with Gasteiger partial charge in [0.2, 0.25) is 19.7 Å². The fourth-order valence-electron chi connectivity index (χ4n) is 3.88. The third-order valence-electron chi connectivity index (χ3n) is 5.97. The van der Waals surface area contributed by atoms with E-state index in [1.165, 1.54) is 84.9 Å². The molecule has 0 saturated carbocycles. The lowest BCUT2D eigenvalue weighted by Gasteiger charge is -2.21. The smallest absolute Gasteiger partial charge is 0.311 e. The van der Waals surface area contributed by atoms with Gasteiger partial charge >= 0.3 is 11.9 Å². The van der Waals surface area contributed by atoms with Gasteiger partial charge in [-0.15, -0.1) is 0 Å². The number of benzene rings is 4. The van der Waals surface area contributed by atoms with E-state index in [0.717, 1.165) is 0 Å². The van der Waals surface area contributed by atoms with E-state index in [0.29, 0.717) is 5.75 Å². The van der Waals surface area contributed by atoms with E-state index in [9.17, 15) is 31.5 Å². The molecular weight excluding hydrogens is 608 g/mol. The maximum Gasteiger partial charge on any atom is 0.311 e. The molecule has 0 radical (unpaired) electrons. The Morgan fingerprint density at radius 2 is 0.841 bits per heavy atom.